The van der Waals surface area contributed by atoms with Crippen molar-refractivity contribution in [3.63, 3.8) is 0 Å². The molecule has 2 heterocycles. The maximum Gasteiger partial charge on any atom is 0.254 e. The molecular formula is C6H8N6. The first-order chi connectivity index (χ1) is 5.92. The highest BCUT2D eigenvalue weighted by Gasteiger charge is 2.04. The predicted molar refractivity (Wildman–Crippen MR) is 40.6 cm³/mol. The third-order valence-corrected chi connectivity index (χ3v) is 1.55. The molecule has 12 heavy (non-hydrogen) atoms. The van der Waals surface area contributed by atoms with Crippen LogP contribution in [0, 0.1) is 0 Å². The minimum atomic E-state index is 0.690. The van der Waals surface area contributed by atoms with Gasteiger partial charge >= 0.3 is 0 Å². The van der Waals surface area contributed by atoms with Gasteiger partial charge in [-0.2, -0.15) is 0 Å². The van der Waals surface area contributed by atoms with Gasteiger partial charge in [0.05, 0.1) is 0 Å². The highest BCUT2D eigenvalue weighted by molar-refractivity contribution is 5.06. The van der Waals surface area contributed by atoms with Gasteiger partial charge in [-0.15, -0.1) is 0 Å². The lowest BCUT2D eigenvalue weighted by Gasteiger charge is -1.99. The van der Waals surface area contributed by atoms with Crippen molar-refractivity contribution < 1.29 is 0 Å². The fourth-order valence-electron chi connectivity index (χ4n) is 0.967. The van der Waals surface area contributed by atoms with Gasteiger partial charge in [-0.25, -0.2) is 9.67 Å². The lowest BCUT2D eigenvalue weighted by molar-refractivity contribution is 0.611. The highest BCUT2D eigenvalue weighted by Crippen LogP contribution is 1.99. The Morgan fingerprint density at radius 3 is 3.08 bits per heavy atom. The zero-order valence-corrected chi connectivity index (χ0v) is 6.62. The number of nitrogens with zero attached hydrogens (tertiary/aromatic N) is 6. The third kappa shape index (κ3) is 0.969. The van der Waals surface area contributed by atoms with E-state index in [9.17, 15) is 0 Å². The van der Waals surface area contributed by atoms with Crippen LogP contribution in [0.15, 0.2) is 18.7 Å². The van der Waals surface area contributed by atoms with Crippen LogP contribution in [0.2, 0.25) is 0 Å². The van der Waals surface area contributed by atoms with Crippen molar-refractivity contribution in [3.8, 4) is 5.95 Å². The van der Waals surface area contributed by atoms with E-state index in [-0.39, 0.29) is 0 Å². The van der Waals surface area contributed by atoms with Crippen molar-refractivity contribution in [2.75, 3.05) is 0 Å². The minimum absolute atomic E-state index is 0.690. The zero-order chi connectivity index (χ0) is 8.39. The van der Waals surface area contributed by atoms with Crippen molar-refractivity contribution in [1.29, 1.82) is 0 Å². The SMILES string of the molecule is CCn1nnnc1-n1ccnc1. The molecule has 0 unspecified atom stereocenters. The molecule has 0 aliphatic carbocycles. The number of aromatic nitrogens is 6. The van der Waals surface area contributed by atoms with Crippen LogP contribution in [-0.4, -0.2) is 29.8 Å². The molecule has 2 rings (SSSR count). The Morgan fingerprint density at radius 1 is 1.50 bits per heavy atom. The van der Waals surface area contributed by atoms with Crippen LogP contribution in [-0.2, 0) is 6.54 Å². The van der Waals surface area contributed by atoms with Crippen LogP contribution in [0.5, 0.6) is 0 Å². The average molecular weight is 164 g/mol. The Bertz CT molecular complexity index is 348. The largest absolute Gasteiger partial charge is 0.273 e. The van der Waals surface area contributed by atoms with Gasteiger partial charge in [-0.3, -0.25) is 4.57 Å². The van der Waals surface area contributed by atoms with Gasteiger partial charge in [0.1, 0.15) is 6.33 Å². The van der Waals surface area contributed by atoms with Crippen molar-refractivity contribution in [2.45, 2.75) is 13.5 Å². The van der Waals surface area contributed by atoms with Crippen LogP contribution < -0.4 is 0 Å². The number of aryl methyl sites for hydroxylation is 1. The fourth-order valence-corrected chi connectivity index (χ4v) is 0.967. The number of rotatable bonds is 2. The van der Waals surface area contributed by atoms with E-state index in [4.69, 9.17) is 0 Å². The summed E-state index contributed by atoms with van der Waals surface area (Å²) in [5.74, 6) is 0.690. The first-order valence-corrected chi connectivity index (χ1v) is 3.66. The minimum Gasteiger partial charge on any atom is -0.273 e. The van der Waals surface area contributed by atoms with Gasteiger partial charge in [0, 0.05) is 18.9 Å². The van der Waals surface area contributed by atoms with Gasteiger partial charge in [0.15, 0.2) is 0 Å². The smallest absolute Gasteiger partial charge is 0.254 e. The summed E-state index contributed by atoms with van der Waals surface area (Å²) in [4.78, 5) is 3.91. The van der Waals surface area contributed by atoms with E-state index in [0.717, 1.165) is 6.54 Å². The highest BCUT2D eigenvalue weighted by atomic mass is 15.6. The van der Waals surface area contributed by atoms with E-state index in [0.29, 0.717) is 5.95 Å². The van der Waals surface area contributed by atoms with E-state index < -0.39 is 0 Å². The standard InChI is InChI=1S/C6H8N6/c1-2-12-6(8-9-10-12)11-4-3-7-5-11/h3-5H,2H2,1H3. The Morgan fingerprint density at radius 2 is 2.42 bits per heavy atom. The van der Waals surface area contributed by atoms with E-state index in [1.165, 1.54) is 0 Å². The van der Waals surface area contributed by atoms with Gasteiger partial charge in [0.2, 0.25) is 0 Å². The van der Waals surface area contributed by atoms with Gasteiger partial charge in [0.25, 0.3) is 5.95 Å². The third-order valence-electron chi connectivity index (χ3n) is 1.55. The molecule has 2 aromatic heterocycles. The molecule has 6 nitrogen and oxygen atoms in total. The van der Waals surface area contributed by atoms with Gasteiger partial charge < -0.3 is 0 Å². The Labute approximate surface area is 68.8 Å². The Hall–Kier alpha value is -1.72. The fraction of sp³-hybridized carbons (Fsp3) is 0.333. The van der Waals surface area contributed by atoms with Crippen LogP contribution in [0.3, 0.4) is 0 Å². The molecule has 62 valence electrons. The molecule has 0 fully saturated rings. The van der Waals surface area contributed by atoms with Crippen LogP contribution >= 0.6 is 0 Å². The molecule has 6 heteroatoms. The normalized spacial score (nSPS) is 10.4. The van der Waals surface area contributed by atoms with Crippen molar-refractivity contribution >= 4 is 0 Å². The molecule has 0 saturated heterocycles. The Kier molecular flexibility index (Phi) is 1.58. The lowest BCUT2D eigenvalue weighted by Crippen LogP contribution is -2.05. The zero-order valence-electron chi connectivity index (χ0n) is 6.62. The molecule has 0 saturated carbocycles. The second-order valence-corrected chi connectivity index (χ2v) is 2.26. The van der Waals surface area contributed by atoms with E-state index in [1.54, 1.807) is 28.0 Å². The molecule has 0 amide bonds. The molecule has 0 radical (unpaired) electrons. The number of tetrazole rings is 1. The molecule has 0 bridgehead atoms. The van der Waals surface area contributed by atoms with Gasteiger partial charge in [-0.05, 0) is 17.4 Å². The van der Waals surface area contributed by atoms with Crippen LogP contribution in [0.1, 0.15) is 6.92 Å². The van der Waals surface area contributed by atoms with Crippen LogP contribution in [0.4, 0.5) is 0 Å². The van der Waals surface area contributed by atoms with Crippen molar-refractivity contribution in [2.24, 2.45) is 0 Å². The van der Waals surface area contributed by atoms with Crippen molar-refractivity contribution in [1.82, 2.24) is 29.8 Å². The van der Waals surface area contributed by atoms with E-state index in [1.807, 2.05) is 6.92 Å². The first-order valence-electron chi connectivity index (χ1n) is 3.66. The molecule has 2 aromatic rings. The van der Waals surface area contributed by atoms with Crippen molar-refractivity contribution in [3.05, 3.63) is 18.7 Å². The number of hydrogen-bond acceptors (Lipinski definition) is 4. The second kappa shape index (κ2) is 2.72. The molecular weight excluding hydrogens is 156 g/mol. The number of imidazole rings is 1. The predicted octanol–water partition coefficient (Wildman–Crippen LogP) is -0.121. The quantitative estimate of drug-likeness (QED) is 0.620. The first kappa shape index (κ1) is 6.96. The molecule has 0 aliphatic rings. The average Bonchev–Trinajstić information content (AvgIpc) is 2.74. The molecule has 0 spiro atoms. The number of hydrogen-bond donors (Lipinski definition) is 0. The summed E-state index contributed by atoms with van der Waals surface area (Å²) in [6.45, 7) is 2.73. The summed E-state index contributed by atoms with van der Waals surface area (Å²) < 4.78 is 3.46. The topological polar surface area (TPSA) is 61.4 Å². The second-order valence-electron chi connectivity index (χ2n) is 2.26. The maximum absolute atomic E-state index is 3.91. The lowest BCUT2D eigenvalue weighted by atomic mass is 10.7. The molecule has 0 atom stereocenters. The van der Waals surface area contributed by atoms with E-state index in [2.05, 4.69) is 20.5 Å². The summed E-state index contributed by atoms with van der Waals surface area (Å²) in [7, 11) is 0. The maximum atomic E-state index is 3.91. The van der Waals surface area contributed by atoms with E-state index >= 15 is 0 Å². The van der Waals surface area contributed by atoms with Crippen LogP contribution in [0.25, 0.3) is 5.95 Å². The molecule has 0 aliphatic heterocycles. The summed E-state index contributed by atoms with van der Waals surface area (Å²) in [5.41, 5.74) is 0. The summed E-state index contributed by atoms with van der Waals surface area (Å²) in [5, 5.41) is 11.2. The molecule has 0 aromatic carbocycles. The summed E-state index contributed by atoms with van der Waals surface area (Å²) in [6, 6.07) is 0. The summed E-state index contributed by atoms with van der Waals surface area (Å²) >= 11 is 0. The Balaban J connectivity index is 2.46. The molecule has 0 N–H and O–H groups in total. The summed E-state index contributed by atoms with van der Waals surface area (Å²) in [6.07, 6.45) is 5.16. The van der Waals surface area contributed by atoms with Gasteiger partial charge in [-0.1, -0.05) is 5.10 Å². The monoisotopic (exact) mass is 164 g/mol.